The fraction of sp³-hybridized carbons (Fsp3) is 0.278. The summed E-state index contributed by atoms with van der Waals surface area (Å²) in [7, 11) is 0. The highest BCUT2D eigenvalue weighted by atomic mass is 35.5. The Morgan fingerprint density at radius 1 is 1.05 bits per heavy atom. The summed E-state index contributed by atoms with van der Waals surface area (Å²) in [5, 5.41) is 3.17. The van der Waals surface area contributed by atoms with Crippen molar-refractivity contribution in [2.24, 2.45) is 0 Å². The van der Waals surface area contributed by atoms with Gasteiger partial charge in [-0.1, -0.05) is 42.5 Å². The molecule has 1 amide bonds. The van der Waals surface area contributed by atoms with Crippen molar-refractivity contribution >= 4 is 24.0 Å². The van der Waals surface area contributed by atoms with Gasteiger partial charge in [-0.05, 0) is 37.1 Å². The van der Waals surface area contributed by atoms with Crippen LogP contribution in [0.5, 0.6) is 0 Å². The smallest absolute Gasteiger partial charge is 0.242 e. The van der Waals surface area contributed by atoms with E-state index in [1.807, 2.05) is 54.3 Å². The lowest BCUT2D eigenvalue weighted by atomic mass is 10.1. The van der Waals surface area contributed by atoms with Crippen molar-refractivity contribution in [2.45, 2.75) is 20.4 Å². The van der Waals surface area contributed by atoms with E-state index >= 15 is 0 Å². The zero-order chi connectivity index (χ0) is 15.1. The molecule has 0 bridgehead atoms. The molecule has 0 saturated heterocycles. The lowest BCUT2D eigenvalue weighted by molar-refractivity contribution is -0.129. The van der Waals surface area contributed by atoms with Gasteiger partial charge in [0.05, 0.1) is 6.54 Å². The molecular weight excluding hydrogens is 296 g/mol. The minimum absolute atomic E-state index is 0. The second-order valence-corrected chi connectivity index (χ2v) is 5.05. The van der Waals surface area contributed by atoms with Crippen LogP contribution >= 0.6 is 12.4 Å². The predicted molar refractivity (Wildman–Crippen MR) is 94.4 cm³/mol. The predicted octanol–water partition coefficient (Wildman–Crippen LogP) is 3.88. The lowest BCUT2D eigenvalue weighted by Crippen LogP contribution is -2.35. The number of hydrogen-bond donors (Lipinski definition) is 1. The molecule has 0 fully saturated rings. The van der Waals surface area contributed by atoms with Crippen molar-refractivity contribution in [3.05, 3.63) is 65.7 Å². The fourth-order valence-electron chi connectivity index (χ4n) is 2.21. The van der Waals surface area contributed by atoms with Crippen LogP contribution in [0.3, 0.4) is 0 Å². The van der Waals surface area contributed by atoms with Gasteiger partial charge in [-0.2, -0.15) is 0 Å². The summed E-state index contributed by atoms with van der Waals surface area (Å²) in [5.74, 6) is 0.115. The molecule has 0 spiro atoms. The van der Waals surface area contributed by atoms with Gasteiger partial charge >= 0.3 is 0 Å². The molecule has 22 heavy (non-hydrogen) atoms. The van der Waals surface area contributed by atoms with E-state index in [4.69, 9.17) is 0 Å². The summed E-state index contributed by atoms with van der Waals surface area (Å²) in [4.78, 5) is 14.2. The number of hydrogen-bond acceptors (Lipinski definition) is 2. The van der Waals surface area contributed by atoms with Gasteiger partial charge in [-0.25, -0.2) is 0 Å². The molecule has 0 atom stereocenters. The highest BCUT2D eigenvalue weighted by Crippen LogP contribution is 2.11. The molecule has 0 heterocycles. The Morgan fingerprint density at radius 3 is 2.32 bits per heavy atom. The molecule has 0 aromatic heterocycles. The summed E-state index contributed by atoms with van der Waals surface area (Å²) in [6.07, 6.45) is 0. The molecular formula is C18H23ClN2O. The summed E-state index contributed by atoms with van der Waals surface area (Å²) in [5.41, 5.74) is 3.39. The number of carbonyl (C=O) groups excluding carboxylic acids is 1. The topological polar surface area (TPSA) is 32.3 Å². The molecule has 1 N–H and O–H groups in total. The van der Waals surface area contributed by atoms with E-state index in [0.29, 0.717) is 19.6 Å². The van der Waals surface area contributed by atoms with Crippen molar-refractivity contribution in [2.75, 3.05) is 18.4 Å². The zero-order valence-corrected chi connectivity index (χ0v) is 13.9. The van der Waals surface area contributed by atoms with Gasteiger partial charge in [-0.3, -0.25) is 4.79 Å². The number of aryl methyl sites for hydroxylation is 1. The second-order valence-electron chi connectivity index (χ2n) is 5.05. The number of halogens is 1. The first-order valence-electron chi connectivity index (χ1n) is 7.32. The van der Waals surface area contributed by atoms with Crippen molar-refractivity contribution < 1.29 is 4.79 Å². The largest absolute Gasteiger partial charge is 0.376 e. The third kappa shape index (κ3) is 5.08. The number of para-hydroxylation sites is 1. The molecule has 0 aliphatic rings. The number of nitrogens with one attached hydrogen (secondary N) is 1. The van der Waals surface area contributed by atoms with E-state index in [0.717, 1.165) is 5.69 Å². The van der Waals surface area contributed by atoms with Crippen LogP contribution in [-0.2, 0) is 11.3 Å². The standard InChI is InChI=1S/C18H22N2O.ClH/c1-3-20(14-16-10-8-7-9-15(16)2)18(21)13-19-17-11-5-4-6-12-17;/h4-12,19H,3,13-14H2,1-2H3;1H. The number of likely N-dealkylation sites (N-methyl/N-ethyl adjacent to an activating group) is 1. The van der Waals surface area contributed by atoms with Crippen molar-refractivity contribution in [1.82, 2.24) is 4.90 Å². The quantitative estimate of drug-likeness (QED) is 0.876. The average Bonchev–Trinajstić information content (AvgIpc) is 2.53. The first-order valence-corrected chi connectivity index (χ1v) is 7.32. The molecule has 118 valence electrons. The zero-order valence-electron chi connectivity index (χ0n) is 13.1. The van der Waals surface area contributed by atoms with Crippen LogP contribution in [0, 0.1) is 6.92 Å². The molecule has 3 nitrogen and oxygen atoms in total. The number of nitrogens with zero attached hydrogens (tertiary/aromatic N) is 1. The van der Waals surface area contributed by atoms with Gasteiger partial charge in [0.1, 0.15) is 0 Å². The van der Waals surface area contributed by atoms with E-state index in [-0.39, 0.29) is 18.3 Å². The van der Waals surface area contributed by atoms with E-state index in [9.17, 15) is 4.79 Å². The average molecular weight is 319 g/mol. The van der Waals surface area contributed by atoms with Crippen LogP contribution in [-0.4, -0.2) is 23.9 Å². The Hall–Kier alpha value is -2.00. The molecule has 4 heteroatoms. The van der Waals surface area contributed by atoms with Crippen LogP contribution in [0.4, 0.5) is 5.69 Å². The Balaban J connectivity index is 0.00000242. The maximum Gasteiger partial charge on any atom is 0.242 e. The minimum Gasteiger partial charge on any atom is -0.376 e. The Kier molecular flexibility index (Phi) is 7.47. The van der Waals surface area contributed by atoms with E-state index in [1.54, 1.807) is 0 Å². The van der Waals surface area contributed by atoms with Crippen molar-refractivity contribution in [1.29, 1.82) is 0 Å². The highest BCUT2D eigenvalue weighted by molar-refractivity contribution is 5.85. The third-order valence-electron chi connectivity index (χ3n) is 3.57. The van der Waals surface area contributed by atoms with E-state index in [1.165, 1.54) is 11.1 Å². The van der Waals surface area contributed by atoms with Crippen LogP contribution in [0.25, 0.3) is 0 Å². The molecule has 0 unspecified atom stereocenters. The van der Waals surface area contributed by atoms with Crippen LogP contribution < -0.4 is 5.32 Å². The molecule has 2 aromatic carbocycles. The van der Waals surface area contributed by atoms with Crippen LogP contribution in [0.15, 0.2) is 54.6 Å². The molecule has 2 aromatic rings. The Labute approximate surface area is 138 Å². The Morgan fingerprint density at radius 2 is 1.68 bits per heavy atom. The molecule has 0 radical (unpaired) electrons. The summed E-state index contributed by atoms with van der Waals surface area (Å²) in [6.45, 7) is 5.79. The van der Waals surface area contributed by atoms with E-state index < -0.39 is 0 Å². The normalized spacial score (nSPS) is 9.73. The maximum absolute atomic E-state index is 12.3. The number of anilines is 1. The molecule has 0 saturated carbocycles. The fourth-order valence-corrected chi connectivity index (χ4v) is 2.21. The minimum atomic E-state index is 0. The van der Waals surface area contributed by atoms with E-state index in [2.05, 4.69) is 24.4 Å². The third-order valence-corrected chi connectivity index (χ3v) is 3.57. The van der Waals surface area contributed by atoms with Crippen LogP contribution in [0.1, 0.15) is 18.1 Å². The van der Waals surface area contributed by atoms with Gasteiger partial charge in [0.15, 0.2) is 0 Å². The van der Waals surface area contributed by atoms with Gasteiger partial charge < -0.3 is 10.2 Å². The molecule has 0 aliphatic carbocycles. The van der Waals surface area contributed by atoms with Gasteiger partial charge in [0.25, 0.3) is 0 Å². The van der Waals surface area contributed by atoms with Crippen LogP contribution in [0.2, 0.25) is 0 Å². The second kappa shape index (κ2) is 9.11. The molecule has 2 rings (SSSR count). The van der Waals surface area contributed by atoms with Gasteiger partial charge in [0, 0.05) is 18.8 Å². The number of carbonyl (C=O) groups is 1. The first kappa shape index (κ1) is 18.1. The lowest BCUT2D eigenvalue weighted by Gasteiger charge is -2.22. The monoisotopic (exact) mass is 318 g/mol. The SMILES string of the molecule is CCN(Cc1ccccc1C)C(=O)CNc1ccccc1.Cl. The van der Waals surface area contributed by atoms with Gasteiger partial charge in [-0.15, -0.1) is 12.4 Å². The van der Waals surface area contributed by atoms with Crippen molar-refractivity contribution in [3.8, 4) is 0 Å². The Bertz CT molecular complexity index is 587. The molecule has 0 aliphatic heterocycles. The summed E-state index contributed by atoms with van der Waals surface area (Å²) < 4.78 is 0. The highest BCUT2D eigenvalue weighted by Gasteiger charge is 2.12. The summed E-state index contributed by atoms with van der Waals surface area (Å²) in [6, 6.07) is 18.0. The maximum atomic E-state index is 12.3. The number of benzene rings is 2. The number of rotatable bonds is 6. The summed E-state index contributed by atoms with van der Waals surface area (Å²) >= 11 is 0. The number of amides is 1. The van der Waals surface area contributed by atoms with Crippen molar-refractivity contribution in [3.63, 3.8) is 0 Å². The first-order chi connectivity index (χ1) is 10.2. The van der Waals surface area contributed by atoms with Gasteiger partial charge in [0.2, 0.25) is 5.91 Å².